The van der Waals surface area contributed by atoms with E-state index in [4.69, 9.17) is 5.11 Å². The molecule has 0 saturated carbocycles. The number of hydrogen-bond donors (Lipinski definition) is 3. The lowest BCUT2D eigenvalue weighted by Gasteiger charge is -2.30. The van der Waals surface area contributed by atoms with E-state index in [1.807, 2.05) is 222 Å². The van der Waals surface area contributed by atoms with Gasteiger partial charge in [-0.3, -0.25) is 33.9 Å². The van der Waals surface area contributed by atoms with Crippen LogP contribution in [0.4, 0.5) is 22.7 Å². The van der Waals surface area contributed by atoms with Crippen LogP contribution in [0.3, 0.4) is 0 Å². The fraction of sp³-hybridized carbons (Fsp3) is 0.491. The summed E-state index contributed by atoms with van der Waals surface area (Å²) in [7, 11) is 20.5. The van der Waals surface area contributed by atoms with Crippen molar-refractivity contribution >= 4 is 46.4 Å². The Morgan fingerprint density at radius 3 is 0.838 bits per heavy atom. The van der Waals surface area contributed by atoms with Crippen molar-refractivity contribution in [1.82, 2.24) is 20.0 Å². The summed E-state index contributed by atoms with van der Waals surface area (Å²) >= 11 is 0. The maximum atomic E-state index is 12.4. The fourth-order valence-electron chi connectivity index (χ4n) is 7.60. The quantitative estimate of drug-likeness (QED) is 0.100. The summed E-state index contributed by atoms with van der Waals surface area (Å²) in [4.78, 5) is 58.4. The van der Waals surface area contributed by atoms with Gasteiger partial charge < -0.3 is 30.4 Å². The van der Waals surface area contributed by atoms with E-state index in [1.54, 1.807) is 33.7 Å². The van der Waals surface area contributed by atoms with Crippen molar-refractivity contribution < 1.29 is 24.3 Å². The highest BCUT2D eigenvalue weighted by Crippen LogP contribution is 2.19. The van der Waals surface area contributed by atoms with Crippen molar-refractivity contribution in [1.29, 1.82) is 0 Å². The first-order chi connectivity index (χ1) is 31.9. The molecule has 0 saturated heterocycles. The molecule has 3 amide bonds. The van der Waals surface area contributed by atoms with Gasteiger partial charge in [-0.1, -0.05) is 128 Å². The van der Waals surface area contributed by atoms with E-state index in [2.05, 4.69) is 38.3 Å². The average molecular weight is 941 g/mol. The van der Waals surface area contributed by atoms with E-state index in [-0.39, 0.29) is 53.7 Å². The molecular weight excluding hydrogens is 853 g/mol. The molecule has 0 heterocycles. The van der Waals surface area contributed by atoms with Gasteiger partial charge >= 0.3 is 5.97 Å². The molecule has 68 heavy (non-hydrogen) atoms. The van der Waals surface area contributed by atoms with E-state index in [0.29, 0.717) is 11.8 Å². The highest BCUT2D eigenvalue weighted by molar-refractivity contribution is 5.98. The molecule has 4 aromatic carbocycles. The summed E-state index contributed by atoms with van der Waals surface area (Å²) in [6.07, 6.45) is 0. The lowest BCUT2D eigenvalue weighted by molar-refractivity contribution is -0.143. The molecule has 4 atom stereocenters. The van der Waals surface area contributed by atoms with Crippen LogP contribution in [0.5, 0.6) is 0 Å². The number of carboxylic acid groups (broad SMARTS) is 1. The monoisotopic (exact) mass is 941 g/mol. The molecule has 0 aliphatic carbocycles. The first-order valence-corrected chi connectivity index (χ1v) is 23.5. The van der Waals surface area contributed by atoms with Crippen LogP contribution in [0.25, 0.3) is 0 Å². The number of amides is 3. The van der Waals surface area contributed by atoms with E-state index in [0.717, 1.165) is 22.7 Å². The summed E-state index contributed by atoms with van der Waals surface area (Å²) < 4.78 is 0. The standard InChI is InChI=1S/2C14H22N2O.C13H20N2O.C7H15NO2.C7H9N/c2*1-11(2)13(15(3)4)14(17)16(5)12-9-7-6-8-10-12;1-10(2)12(14-3)13(16)15(4)11-8-6-5-7-9-11;1-5(2)6(7(9)10)8(3)4;1-8-7-5-3-2-4-6-7/h2*6-11,13H,1-5H3;5-10,12,14H,1-4H3;5-6H,1-4H3,(H,9,10);2-6,8H,1H3/t2*13-;12-;6-;/m0000./s1. The third-order valence-electron chi connectivity index (χ3n) is 11.1. The van der Waals surface area contributed by atoms with E-state index in [9.17, 15) is 19.2 Å². The summed E-state index contributed by atoms with van der Waals surface area (Å²) in [6, 6.07) is 38.6. The molecule has 4 aromatic rings. The second-order valence-corrected chi connectivity index (χ2v) is 18.6. The minimum absolute atomic E-state index is 0.0831. The Morgan fingerprint density at radius 1 is 0.397 bits per heavy atom. The van der Waals surface area contributed by atoms with Gasteiger partial charge in [0.05, 0.1) is 18.1 Å². The number of carbonyl (C=O) groups excluding carboxylic acids is 3. The Balaban J connectivity index is 0.000000846. The number of anilines is 4. The number of carbonyl (C=O) groups is 4. The predicted octanol–water partition coefficient (Wildman–Crippen LogP) is 8.75. The van der Waals surface area contributed by atoms with Crippen LogP contribution in [0, 0.1) is 23.7 Å². The number of carboxylic acids is 1. The van der Waals surface area contributed by atoms with Crippen molar-refractivity contribution in [3.63, 3.8) is 0 Å². The molecule has 3 N–H and O–H groups in total. The van der Waals surface area contributed by atoms with Crippen LogP contribution in [0.2, 0.25) is 0 Å². The lowest BCUT2D eigenvalue weighted by atomic mass is 10.0. The number of aliphatic carboxylic acids is 1. The number of nitrogens with zero attached hydrogens (tertiary/aromatic N) is 6. The Morgan fingerprint density at radius 2 is 0.662 bits per heavy atom. The summed E-state index contributed by atoms with van der Waals surface area (Å²) in [5.41, 5.74) is 3.95. The van der Waals surface area contributed by atoms with Crippen LogP contribution in [0.15, 0.2) is 121 Å². The number of likely N-dealkylation sites (N-methyl/N-ethyl adjacent to an activating group) is 7. The zero-order chi connectivity index (χ0) is 52.3. The second kappa shape index (κ2) is 33.0. The minimum Gasteiger partial charge on any atom is -0.480 e. The normalized spacial score (nSPS) is 12.5. The highest BCUT2D eigenvalue weighted by atomic mass is 16.4. The van der Waals surface area contributed by atoms with Gasteiger partial charge in [0.2, 0.25) is 17.7 Å². The van der Waals surface area contributed by atoms with Gasteiger partial charge in [-0.2, -0.15) is 0 Å². The Labute approximate surface area is 411 Å². The summed E-state index contributed by atoms with van der Waals surface area (Å²) in [6.45, 7) is 16.2. The van der Waals surface area contributed by atoms with Crippen LogP contribution >= 0.6 is 0 Å². The molecule has 13 nitrogen and oxygen atoms in total. The van der Waals surface area contributed by atoms with E-state index >= 15 is 0 Å². The molecule has 13 heteroatoms. The average Bonchev–Trinajstić information content (AvgIpc) is 3.29. The van der Waals surface area contributed by atoms with Gasteiger partial charge in [0.1, 0.15) is 6.04 Å². The van der Waals surface area contributed by atoms with Crippen LogP contribution in [0.1, 0.15) is 55.4 Å². The first kappa shape index (κ1) is 62.4. The molecule has 0 unspecified atom stereocenters. The van der Waals surface area contributed by atoms with Crippen LogP contribution < -0.4 is 25.3 Å². The van der Waals surface area contributed by atoms with Gasteiger partial charge in [-0.15, -0.1) is 0 Å². The first-order valence-electron chi connectivity index (χ1n) is 23.5. The zero-order valence-electron chi connectivity index (χ0n) is 44.9. The van der Waals surface area contributed by atoms with Crippen molar-refractivity contribution in [2.24, 2.45) is 23.7 Å². The maximum absolute atomic E-state index is 12.4. The molecule has 0 spiro atoms. The molecule has 0 fully saturated rings. The number of rotatable bonds is 16. The Hall–Kier alpha value is -5.60. The third-order valence-corrected chi connectivity index (χ3v) is 11.1. The smallest absolute Gasteiger partial charge is 0.321 e. The number of benzene rings is 4. The topological polar surface area (TPSA) is 132 Å². The van der Waals surface area contributed by atoms with Crippen LogP contribution in [-0.2, 0) is 19.2 Å². The van der Waals surface area contributed by atoms with Crippen molar-refractivity contribution in [2.75, 3.05) is 97.5 Å². The predicted molar refractivity (Wildman–Crippen MR) is 288 cm³/mol. The number of para-hydroxylation sites is 4. The van der Waals surface area contributed by atoms with Gasteiger partial charge in [-0.05, 0) is 122 Å². The SMILES string of the molecule is CC(C)[C@@H](C(=O)N(C)c1ccccc1)N(C)C.CC(C)[C@@H](C(=O)N(C)c1ccccc1)N(C)C.CC(C)[C@@H](C(=O)O)N(C)C.CN[C@H](C(=O)N(C)c1ccccc1)C(C)C.CNc1ccccc1. The minimum atomic E-state index is -0.750. The molecule has 4 rings (SSSR count). The van der Waals surface area contributed by atoms with Crippen molar-refractivity contribution in [3.8, 4) is 0 Å². The molecule has 0 radical (unpaired) electrons. The molecule has 378 valence electrons. The second-order valence-electron chi connectivity index (χ2n) is 18.6. The largest absolute Gasteiger partial charge is 0.480 e. The lowest BCUT2D eigenvalue weighted by Crippen LogP contribution is -2.47. The molecule has 0 bridgehead atoms. The summed E-state index contributed by atoms with van der Waals surface area (Å²) in [5, 5.41) is 14.8. The maximum Gasteiger partial charge on any atom is 0.321 e. The molecule has 0 aliphatic heterocycles. The van der Waals surface area contributed by atoms with E-state index < -0.39 is 5.97 Å². The van der Waals surface area contributed by atoms with Crippen molar-refractivity contribution in [3.05, 3.63) is 121 Å². The van der Waals surface area contributed by atoms with Gasteiger partial charge in [0.15, 0.2) is 0 Å². The molecular formula is C55H88N8O5. The van der Waals surface area contributed by atoms with E-state index in [1.165, 1.54) is 0 Å². The summed E-state index contributed by atoms with van der Waals surface area (Å²) in [5.74, 6) is 0.652. The zero-order valence-corrected chi connectivity index (χ0v) is 44.9. The highest BCUT2D eigenvalue weighted by Gasteiger charge is 2.29. The van der Waals surface area contributed by atoms with Crippen LogP contribution in [-0.4, -0.2) is 145 Å². The van der Waals surface area contributed by atoms with Gasteiger partial charge in [0, 0.05) is 50.9 Å². The molecule has 0 aliphatic rings. The van der Waals surface area contributed by atoms with Crippen molar-refractivity contribution in [2.45, 2.75) is 79.6 Å². The van der Waals surface area contributed by atoms with Gasteiger partial charge in [0.25, 0.3) is 0 Å². The third kappa shape index (κ3) is 22.0. The Kier molecular flexibility index (Phi) is 30.3. The fourth-order valence-corrected chi connectivity index (χ4v) is 7.60. The Bertz CT molecular complexity index is 1870. The number of nitrogens with one attached hydrogen (secondary N) is 2. The molecule has 0 aromatic heterocycles. The number of hydrogen-bond acceptors (Lipinski definition) is 9. The van der Waals surface area contributed by atoms with Gasteiger partial charge in [-0.25, -0.2) is 0 Å².